The number of sulfonamides is 1. The predicted molar refractivity (Wildman–Crippen MR) is 68.0 cm³/mol. The molecule has 6 heteroatoms. The van der Waals surface area contributed by atoms with Crippen LogP contribution in [0, 0.1) is 12.7 Å². The summed E-state index contributed by atoms with van der Waals surface area (Å²) in [4.78, 5) is 0. The summed E-state index contributed by atoms with van der Waals surface area (Å²) in [5.74, 6) is -0.233. The van der Waals surface area contributed by atoms with Gasteiger partial charge in [0, 0.05) is 12.6 Å². The largest absolute Gasteiger partial charge is 0.309 e. The average Bonchev–Trinajstić information content (AvgIpc) is 2.32. The van der Waals surface area contributed by atoms with E-state index in [-0.39, 0.29) is 11.9 Å². The van der Waals surface area contributed by atoms with Gasteiger partial charge in [-0.15, -0.1) is 0 Å². The quantitative estimate of drug-likeness (QED) is 0.850. The first kappa shape index (κ1) is 13.5. The fourth-order valence-electron chi connectivity index (χ4n) is 2.38. The molecule has 0 bridgehead atoms. The predicted octanol–water partition coefficient (Wildman–Crippen LogP) is 1.22. The molecule has 0 aromatic heterocycles. The zero-order chi connectivity index (χ0) is 13.3. The van der Waals surface area contributed by atoms with E-state index in [0.29, 0.717) is 24.9 Å². The van der Waals surface area contributed by atoms with Gasteiger partial charge in [-0.1, -0.05) is 12.1 Å². The van der Waals surface area contributed by atoms with Crippen LogP contribution >= 0.6 is 0 Å². The highest BCUT2D eigenvalue weighted by Gasteiger charge is 2.29. The molecule has 18 heavy (non-hydrogen) atoms. The molecule has 4 nitrogen and oxygen atoms in total. The van der Waals surface area contributed by atoms with Crippen LogP contribution in [0.4, 0.5) is 4.39 Å². The minimum atomic E-state index is -3.49. The molecule has 100 valence electrons. The van der Waals surface area contributed by atoms with Crippen molar-refractivity contribution in [1.82, 2.24) is 5.32 Å². The van der Waals surface area contributed by atoms with Crippen LogP contribution in [0.5, 0.6) is 0 Å². The SMILES string of the molecule is Cc1c(F)cccc1C1CCC(S(N)(=O)=O)CN1. The monoisotopic (exact) mass is 272 g/mol. The molecule has 1 fully saturated rings. The molecule has 1 aromatic carbocycles. The smallest absolute Gasteiger partial charge is 0.213 e. The van der Waals surface area contributed by atoms with Crippen molar-refractivity contribution in [3.63, 3.8) is 0 Å². The fraction of sp³-hybridized carbons (Fsp3) is 0.500. The average molecular weight is 272 g/mol. The maximum Gasteiger partial charge on any atom is 0.213 e. The summed E-state index contributed by atoms with van der Waals surface area (Å²) in [5, 5.41) is 7.72. The number of piperidine rings is 1. The van der Waals surface area contributed by atoms with Gasteiger partial charge in [0.15, 0.2) is 0 Å². The van der Waals surface area contributed by atoms with E-state index in [0.717, 1.165) is 5.56 Å². The third-order valence-corrected chi connectivity index (χ3v) is 4.85. The number of rotatable bonds is 2. The highest BCUT2D eigenvalue weighted by molar-refractivity contribution is 7.89. The molecule has 0 radical (unpaired) electrons. The number of primary sulfonamides is 1. The Balaban J connectivity index is 2.13. The zero-order valence-corrected chi connectivity index (χ0v) is 11.0. The van der Waals surface area contributed by atoms with Crippen molar-refractivity contribution in [3.8, 4) is 0 Å². The molecular formula is C12H17FN2O2S. The van der Waals surface area contributed by atoms with E-state index in [1.807, 2.05) is 6.07 Å². The molecule has 2 atom stereocenters. The van der Waals surface area contributed by atoms with Gasteiger partial charge < -0.3 is 5.32 Å². The van der Waals surface area contributed by atoms with Crippen molar-refractivity contribution in [2.75, 3.05) is 6.54 Å². The molecule has 0 amide bonds. The molecule has 2 unspecified atom stereocenters. The Morgan fingerprint density at radius 2 is 2.11 bits per heavy atom. The number of benzene rings is 1. The van der Waals surface area contributed by atoms with Gasteiger partial charge in [0.1, 0.15) is 5.82 Å². The van der Waals surface area contributed by atoms with Gasteiger partial charge in [-0.05, 0) is 37.0 Å². The van der Waals surface area contributed by atoms with Crippen LogP contribution in [-0.4, -0.2) is 20.2 Å². The molecule has 0 saturated carbocycles. The number of hydrogen-bond donors (Lipinski definition) is 2. The molecule has 1 saturated heterocycles. The second kappa shape index (κ2) is 4.95. The van der Waals surface area contributed by atoms with Crippen molar-refractivity contribution < 1.29 is 12.8 Å². The minimum Gasteiger partial charge on any atom is -0.309 e. The first-order valence-corrected chi connectivity index (χ1v) is 7.50. The van der Waals surface area contributed by atoms with Gasteiger partial charge in [0.25, 0.3) is 0 Å². The summed E-state index contributed by atoms with van der Waals surface area (Å²) in [7, 11) is -3.49. The maximum atomic E-state index is 13.5. The lowest BCUT2D eigenvalue weighted by Gasteiger charge is -2.29. The lowest BCUT2D eigenvalue weighted by atomic mass is 9.94. The van der Waals surface area contributed by atoms with E-state index in [1.165, 1.54) is 6.07 Å². The van der Waals surface area contributed by atoms with Crippen LogP contribution in [0.2, 0.25) is 0 Å². The van der Waals surface area contributed by atoms with E-state index in [1.54, 1.807) is 13.0 Å². The summed E-state index contributed by atoms with van der Waals surface area (Å²) in [5.41, 5.74) is 1.51. The first-order valence-electron chi connectivity index (χ1n) is 5.89. The second-order valence-corrected chi connectivity index (χ2v) is 6.55. The lowest BCUT2D eigenvalue weighted by molar-refractivity contribution is 0.405. The normalized spacial score (nSPS) is 25.1. The maximum absolute atomic E-state index is 13.5. The molecule has 1 heterocycles. The van der Waals surface area contributed by atoms with Crippen LogP contribution in [0.25, 0.3) is 0 Å². The Bertz CT molecular complexity index is 537. The van der Waals surface area contributed by atoms with Gasteiger partial charge in [-0.2, -0.15) is 0 Å². The van der Waals surface area contributed by atoms with E-state index >= 15 is 0 Å². The molecule has 0 aliphatic carbocycles. The summed E-state index contributed by atoms with van der Waals surface area (Å²) < 4.78 is 35.9. The van der Waals surface area contributed by atoms with Gasteiger partial charge in [0.05, 0.1) is 5.25 Å². The summed E-state index contributed by atoms with van der Waals surface area (Å²) in [6.45, 7) is 2.05. The van der Waals surface area contributed by atoms with E-state index < -0.39 is 15.3 Å². The van der Waals surface area contributed by atoms with Crippen LogP contribution in [0.3, 0.4) is 0 Å². The van der Waals surface area contributed by atoms with E-state index in [2.05, 4.69) is 5.32 Å². The lowest BCUT2D eigenvalue weighted by Crippen LogP contribution is -2.43. The van der Waals surface area contributed by atoms with Crippen LogP contribution in [-0.2, 0) is 10.0 Å². The van der Waals surface area contributed by atoms with Gasteiger partial charge in [0.2, 0.25) is 10.0 Å². The van der Waals surface area contributed by atoms with E-state index in [4.69, 9.17) is 5.14 Å². The van der Waals surface area contributed by atoms with Crippen LogP contribution in [0.15, 0.2) is 18.2 Å². The molecule has 2 rings (SSSR count). The summed E-state index contributed by atoms with van der Waals surface area (Å²) >= 11 is 0. The third-order valence-electron chi connectivity index (χ3n) is 3.52. The standard InChI is InChI=1S/C12H17FN2O2S/c1-8-10(3-2-4-11(8)13)12-6-5-9(7-15-12)18(14,16)17/h2-4,9,12,15H,5-7H2,1H3,(H2,14,16,17). The Kier molecular flexibility index (Phi) is 3.70. The minimum absolute atomic E-state index is 0.00120. The first-order chi connectivity index (χ1) is 8.39. The Morgan fingerprint density at radius 3 is 2.67 bits per heavy atom. The molecule has 1 aliphatic heterocycles. The Morgan fingerprint density at radius 1 is 1.39 bits per heavy atom. The Labute approximate surface area is 106 Å². The van der Waals surface area contributed by atoms with Crippen molar-refractivity contribution in [2.45, 2.75) is 31.1 Å². The topological polar surface area (TPSA) is 72.2 Å². The van der Waals surface area contributed by atoms with Crippen LogP contribution in [0.1, 0.15) is 30.0 Å². The van der Waals surface area contributed by atoms with Crippen molar-refractivity contribution in [2.24, 2.45) is 5.14 Å². The molecule has 0 spiro atoms. The van der Waals surface area contributed by atoms with Gasteiger partial charge >= 0.3 is 0 Å². The number of hydrogen-bond acceptors (Lipinski definition) is 3. The van der Waals surface area contributed by atoms with Crippen LogP contribution < -0.4 is 10.5 Å². The van der Waals surface area contributed by atoms with E-state index in [9.17, 15) is 12.8 Å². The second-order valence-electron chi connectivity index (χ2n) is 4.70. The number of nitrogens with one attached hydrogen (secondary N) is 1. The summed E-state index contributed by atoms with van der Waals surface area (Å²) in [6.07, 6.45) is 1.15. The fourth-order valence-corrected chi connectivity index (χ4v) is 3.17. The summed E-state index contributed by atoms with van der Waals surface area (Å²) in [6, 6.07) is 4.96. The molecule has 1 aliphatic rings. The highest BCUT2D eigenvalue weighted by atomic mass is 32.2. The van der Waals surface area contributed by atoms with Gasteiger partial charge in [-0.3, -0.25) is 0 Å². The molecule has 1 aromatic rings. The zero-order valence-electron chi connectivity index (χ0n) is 10.2. The molecule has 3 N–H and O–H groups in total. The Hall–Kier alpha value is -0.980. The van der Waals surface area contributed by atoms with Gasteiger partial charge in [-0.25, -0.2) is 17.9 Å². The highest BCUT2D eigenvalue weighted by Crippen LogP contribution is 2.28. The number of halogens is 1. The van der Waals surface area contributed by atoms with Crippen molar-refractivity contribution in [1.29, 1.82) is 0 Å². The molecular weight excluding hydrogens is 255 g/mol. The van der Waals surface area contributed by atoms with Crippen molar-refractivity contribution in [3.05, 3.63) is 35.1 Å². The third kappa shape index (κ3) is 2.71. The number of nitrogens with two attached hydrogens (primary N) is 1. The van der Waals surface area contributed by atoms with Crippen molar-refractivity contribution >= 4 is 10.0 Å².